The van der Waals surface area contributed by atoms with Crippen LogP contribution in [0.5, 0.6) is 0 Å². The molecular formula is C10H17N3O3. The van der Waals surface area contributed by atoms with Crippen LogP contribution in [0, 0.1) is 0 Å². The van der Waals surface area contributed by atoms with E-state index in [0.29, 0.717) is 13.1 Å². The number of rotatable bonds is 3. The average molecular weight is 227 g/mol. The first-order chi connectivity index (χ1) is 7.72. The molecule has 1 atom stereocenters. The standard InChI is InChI=1S/C10H17N3O3/c14-7-8-2-1-4-12(8)6-9(15)13-5-3-11-10(13)16/h8,14H,1-7H2,(H,11,16)/t8-/m0/s1. The molecule has 2 rings (SSSR count). The van der Waals surface area contributed by atoms with Crippen molar-refractivity contribution in [2.24, 2.45) is 0 Å². The first-order valence-corrected chi connectivity index (χ1v) is 5.65. The van der Waals surface area contributed by atoms with E-state index >= 15 is 0 Å². The lowest BCUT2D eigenvalue weighted by Crippen LogP contribution is -2.44. The number of aliphatic hydroxyl groups is 1. The second-order valence-electron chi connectivity index (χ2n) is 4.23. The van der Waals surface area contributed by atoms with Crippen LogP contribution in [0.4, 0.5) is 4.79 Å². The molecule has 90 valence electrons. The first-order valence-electron chi connectivity index (χ1n) is 5.65. The normalized spacial score (nSPS) is 26.2. The van der Waals surface area contributed by atoms with E-state index in [4.69, 9.17) is 5.11 Å². The Labute approximate surface area is 94.2 Å². The molecule has 2 heterocycles. The van der Waals surface area contributed by atoms with Crippen LogP contribution < -0.4 is 5.32 Å². The van der Waals surface area contributed by atoms with Crippen LogP contribution in [-0.4, -0.2) is 65.7 Å². The van der Waals surface area contributed by atoms with E-state index in [1.54, 1.807) is 0 Å². The molecule has 6 nitrogen and oxygen atoms in total. The van der Waals surface area contributed by atoms with Crippen LogP contribution in [-0.2, 0) is 4.79 Å². The maximum absolute atomic E-state index is 11.8. The molecule has 0 bridgehead atoms. The van der Waals surface area contributed by atoms with Crippen LogP contribution >= 0.6 is 0 Å². The Morgan fingerprint density at radius 1 is 1.50 bits per heavy atom. The second kappa shape index (κ2) is 4.80. The minimum atomic E-state index is -0.301. The Hall–Kier alpha value is -1.14. The number of nitrogens with one attached hydrogen (secondary N) is 1. The molecule has 0 spiro atoms. The summed E-state index contributed by atoms with van der Waals surface area (Å²) in [5.41, 5.74) is 0. The first kappa shape index (κ1) is 11.3. The van der Waals surface area contributed by atoms with Crippen molar-refractivity contribution in [3.05, 3.63) is 0 Å². The fraction of sp³-hybridized carbons (Fsp3) is 0.800. The molecule has 2 fully saturated rings. The molecule has 16 heavy (non-hydrogen) atoms. The minimum absolute atomic E-state index is 0.0783. The van der Waals surface area contributed by atoms with Crippen LogP contribution in [0.1, 0.15) is 12.8 Å². The average Bonchev–Trinajstić information content (AvgIpc) is 2.86. The maximum Gasteiger partial charge on any atom is 0.324 e. The molecule has 2 aliphatic heterocycles. The van der Waals surface area contributed by atoms with Gasteiger partial charge in [0.25, 0.3) is 0 Å². The number of aliphatic hydroxyl groups excluding tert-OH is 1. The molecule has 0 aliphatic carbocycles. The van der Waals surface area contributed by atoms with E-state index in [9.17, 15) is 9.59 Å². The third-order valence-corrected chi connectivity index (χ3v) is 3.21. The quantitative estimate of drug-likeness (QED) is 0.648. The zero-order valence-electron chi connectivity index (χ0n) is 9.19. The van der Waals surface area contributed by atoms with Gasteiger partial charge < -0.3 is 10.4 Å². The summed E-state index contributed by atoms with van der Waals surface area (Å²) in [6.07, 6.45) is 1.93. The number of hydrogen-bond acceptors (Lipinski definition) is 4. The summed E-state index contributed by atoms with van der Waals surface area (Å²) in [7, 11) is 0. The number of urea groups is 1. The number of carbonyl (C=O) groups is 2. The highest BCUT2D eigenvalue weighted by molar-refractivity contribution is 5.96. The monoisotopic (exact) mass is 227 g/mol. The van der Waals surface area contributed by atoms with Crippen molar-refractivity contribution in [1.82, 2.24) is 15.1 Å². The fourth-order valence-electron chi connectivity index (χ4n) is 2.28. The zero-order valence-corrected chi connectivity index (χ0v) is 9.19. The third-order valence-electron chi connectivity index (χ3n) is 3.21. The molecular weight excluding hydrogens is 210 g/mol. The minimum Gasteiger partial charge on any atom is -0.395 e. The van der Waals surface area contributed by atoms with Gasteiger partial charge in [0.2, 0.25) is 5.91 Å². The molecule has 0 radical (unpaired) electrons. The van der Waals surface area contributed by atoms with Crippen molar-refractivity contribution in [2.45, 2.75) is 18.9 Å². The Morgan fingerprint density at radius 3 is 2.94 bits per heavy atom. The van der Waals surface area contributed by atoms with Crippen molar-refractivity contribution in [3.63, 3.8) is 0 Å². The van der Waals surface area contributed by atoms with E-state index in [1.165, 1.54) is 4.90 Å². The van der Waals surface area contributed by atoms with Crippen molar-refractivity contribution in [3.8, 4) is 0 Å². The Bertz CT molecular complexity index is 295. The SMILES string of the molecule is O=C(CN1CCC[C@H]1CO)N1CCNC1=O. The molecule has 0 aromatic heterocycles. The molecule has 3 amide bonds. The fourth-order valence-corrected chi connectivity index (χ4v) is 2.28. The lowest BCUT2D eigenvalue weighted by molar-refractivity contribution is -0.129. The van der Waals surface area contributed by atoms with Crippen molar-refractivity contribution < 1.29 is 14.7 Å². The van der Waals surface area contributed by atoms with Gasteiger partial charge in [-0.15, -0.1) is 0 Å². The summed E-state index contributed by atoms with van der Waals surface area (Å²) < 4.78 is 0. The number of amides is 3. The van der Waals surface area contributed by atoms with Crippen LogP contribution in [0.25, 0.3) is 0 Å². The van der Waals surface area contributed by atoms with Crippen molar-refractivity contribution in [2.75, 3.05) is 32.8 Å². The number of carbonyl (C=O) groups excluding carboxylic acids is 2. The van der Waals surface area contributed by atoms with E-state index in [2.05, 4.69) is 5.32 Å². The molecule has 0 aromatic rings. The summed E-state index contributed by atoms with van der Waals surface area (Å²) in [6, 6.07) is -0.223. The van der Waals surface area contributed by atoms with E-state index in [0.717, 1.165) is 19.4 Å². The molecule has 2 saturated heterocycles. The zero-order chi connectivity index (χ0) is 11.5. The highest BCUT2D eigenvalue weighted by Gasteiger charge is 2.31. The third kappa shape index (κ3) is 2.17. The molecule has 6 heteroatoms. The van der Waals surface area contributed by atoms with Crippen LogP contribution in [0.2, 0.25) is 0 Å². The van der Waals surface area contributed by atoms with Gasteiger partial charge in [-0.2, -0.15) is 0 Å². The van der Waals surface area contributed by atoms with Gasteiger partial charge in [0.1, 0.15) is 0 Å². The van der Waals surface area contributed by atoms with Gasteiger partial charge in [-0.3, -0.25) is 14.6 Å². The summed E-state index contributed by atoms with van der Waals surface area (Å²) in [5.74, 6) is -0.171. The Balaban J connectivity index is 1.89. The highest BCUT2D eigenvalue weighted by atomic mass is 16.3. The maximum atomic E-state index is 11.8. The van der Waals surface area contributed by atoms with Gasteiger partial charge in [0.05, 0.1) is 13.2 Å². The second-order valence-corrected chi connectivity index (χ2v) is 4.23. The number of likely N-dealkylation sites (tertiary alicyclic amines) is 1. The van der Waals surface area contributed by atoms with E-state index < -0.39 is 0 Å². The molecule has 0 unspecified atom stereocenters. The van der Waals surface area contributed by atoms with Crippen molar-refractivity contribution >= 4 is 11.9 Å². The lowest BCUT2D eigenvalue weighted by Gasteiger charge is -2.23. The number of hydrogen-bond donors (Lipinski definition) is 2. The summed E-state index contributed by atoms with van der Waals surface area (Å²) in [5, 5.41) is 11.7. The number of nitrogens with zero attached hydrogens (tertiary/aromatic N) is 2. The van der Waals surface area contributed by atoms with E-state index in [-0.39, 0.29) is 31.1 Å². The van der Waals surface area contributed by atoms with Gasteiger partial charge in [0.15, 0.2) is 0 Å². The Morgan fingerprint density at radius 2 is 2.31 bits per heavy atom. The molecule has 2 N–H and O–H groups in total. The molecule has 0 aromatic carbocycles. The Kier molecular flexibility index (Phi) is 3.40. The summed E-state index contributed by atoms with van der Waals surface area (Å²) >= 11 is 0. The van der Waals surface area contributed by atoms with Crippen LogP contribution in [0.15, 0.2) is 0 Å². The van der Waals surface area contributed by atoms with Crippen molar-refractivity contribution in [1.29, 1.82) is 0 Å². The largest absolute Gasteiger partial charge is 0.395 e. The smallest absolute Gasteiger partial charge is 0.324 e. The van der Waals surface area contributed by atoms with Crippen LogP contribution in [0.3, 0.4) is 0 Å². The van der Waals surface area contributed by atoms with Gasteiger partial charge in [-0.1, -0.05) is 0 Å². The molecule has 0 saturated carbocycles. The number of imide groups is 1. The predicted octanol–water partition coefficient (Wildman–Crippen LogP) is -1.01. The van der Waals surface area contributed by atoms with Gasteiger partial charge in [0, 0.05) is 19.1 Å². The van der Waals surface area contributed by atoms with Gasteiger partial charge in [-0.05, 0) is 19.4 Å². The van der Waals surface area contributed by atoms with E-state index in [1.807, 2.05) is 4.90 Å². The van der Waals surface area contributed by atoms with Gasteiger partial charge >= 0.3 is 6.03 Å². The predicted molar refractivity (Wildman–Crippen MR) is 56.8 cm³/mol. The topological polar surface area (TPSA) is 72.9 Å². The van der Waals surface area contributed by atoms with Gasteiger partial charge in [-0.25, -0.2) is 4.79 Å². The molecule has 2 aliphatic rings. The lowest BCUT2D eigenvalue weighted by atomic mass is 10.2. The highest BCUT2D eigenvalue weighted by Crippen LogP contribution is 2.16. The summed E-state index contributed by atoms with van der Waals surface area (Å²) in [6.45, 7) is 2.13. The summed E-state index contributed by atoms with van der Waals surface area (Å²) in [4.78, 5) is 26.3.